The number of para-hydroxylation sites is 2. The van der Waals surface area contributed by atoms with E-state index in [1.54, 1.807) is 6.92 Å². The summed E-state index contributed by atoms with van der Waals surface area (Å²) in [7, 11) is 1.92. The second-order valence-electron chi connectivity index (χ2n) is 5.44. The number of amides is 3. The molecular weight excluding hydrogens is 300 g/mol. The smallest absolute Gasteiger partial charge is 0.321 e. The van der Waals surface area contributed by atoms with E-state index >= 15 is 0 Å². The van der Waals surface area contributed by atoms with Crippen LogP contribution in [-0.4, -0.2) is 32.8 Å². The number of imide groups is 1. The summed E-state index contributed by atoms with van der Waals surface area (Å²) in [4.78, 5) is 28.2. The van der Waals surface area contributed by atoms with Crippen molar-refractivity contribution in [2.45, 2.75) is 36.2 Å². The van der Waals surface area contributed by atoms with Gasteiger partial charge < -0.3 is 9.88 Å². The summed E-state index contributed by atoms with van der Waals surface area (Å²) in [6.45, 7) is 1.77. The number of aryl methyl sites for hydroxylation is 1. The SMILES string of the molecule is CC(Sc1nc2ccccc2n1C)C(=O)NC(=O)NC1CC1. The van der Waals surface area contributed by atoms with Gasteiger partial charge in [0.2, 0.25) is 5.91 Å². The Morgan fingerprint density at radius 2 is 2.09 bits per heavy atom. The van der Waals surface area contributed by atoms with Crippen molar-refractivity contribution in [2.24, 2.45) is 7.05 Å². The minimum atomic E-state index is -0.412. The minimum absolute atomic E-state index is 0.232. The monoisotopic (exact) mass is 318 g/mol. The van der Waals surface area contributed by atoms with Gasteiger partial charge in [0.05, 0.1) is 16.3 Å². The molecule has 1 aliphatic rings. The first-order valence-corrected chi connectivity index (χ1v) is 8.12. The largest absolute Gasteiger partial charge is 0.335 e. The summed E-state index contributed by atoms with van der Waals surface area (Å²) >= 11 is 1.34. The van der Waals surface area contributed by atoms with Crippen molar-refractivity contribution in [1.82, 2.24) is 20.2 Å². The third-order valence-corrected chi connectivity index (χ3v) is 4.69. The number of fused-ring (bicyclic) bond motifs is 1. The molecular formula is C15H18N4O2S. The predicted molar refractivity (Wildman–Crippen MR) is 85.7 cm³/mol. The molecule has 1 aliphatic carbocycles. The number of aromatic nitrogens is 2. The molecule has 1 unspecified atom stereocenters. The highest BCUT2D eigenvalue weighted by atomic mass is 32.2. The maximum atomic E-state index is 12.1. The number of benzene rings is 1. The number of imidazole rings is 1. The first-order chi connectivity index (χ1) is 10.5. The molecule has 1 fully saturated rings. The van der Waals surface area contributed by atoms with Crippen LogP contribution in [0, 0.1) is 0 Å². The lowest BCUT2D eigenvalue weighted by Gasteiger charge is -2.11. The quantitative estimate of drug-likeness (QED) is 0.846. The van der Waals surface area contributed by atoms with Crippen molar-refractivity contribution in [2.75, 3.05) is 0 Å². The van der Waals surface area contributed by atoms with Gasteiger partial charge in [0.1, 0.15) is 0 Å². The van der Waals surface area contributed by atoms with Gasteiger partial charge in [-0.15, -0.1) is 0 Å². The van der Waals surface area contributed by atoms with Gasteiger partial charge in [0.15, 0.2) is 5.16 Å². The summed E-state index contributed by atoms with van der Waals surface area (Å²) in [5.41, 5.74) is 1.91. The Hall–Kier alpha value is -2.02. The molecule has 0 saturated heterocycles. The summed E-state index contributed by atoms with van der Waals surface area (Å²) < 4.78 is 1.95. The molecule has 7 heteroatoms. The highest BCUT2D eigenvalue weighted by Gasteiger charge is 2.25. The fraction of sp³-hybridized carbons (Fsp3) is 0.400. The zero-order valence-corrected chi connectivity index (χ0v) is 13.3. The van der Waals surface area contributed by atoms with Gasteiger partial charge >= 0.3 is 6.03 Å². The Balaban J connectivity index is 1.64. The highest BCUT2D eigenvalue weighted by molar-refractivity contribution is 8.00. The fourth-order valence-electron chi connectivity index (χ4n) is 2.10. The maximum absolute atomic E-state index is 12.1. The van der Waals surface area contributed by atoms with Crippen LogP contribution >= 0.6 is 11.8 Å². The number of carbonyl (C=O) groups is 2. The second kappa shape index (κ2) is 6.00. The maximum Gasteiger partial charge on any atom is 0.321 e. The molecule has 0 bridgehead atoms. The third-order valence-electron chi connectivity index (χ3n) is 3.55. The highest BCUT2D eigenvalue weighted by Crippen LogP contribution is 2.26. The minimum Gasteiger partial charge on any atom is -0.335 e. The van der Waals surface area contributed by atoms with Crippen LogP contribution in [0.15, 0.2) is 29.4 Å². The van der Waals surface area contributed by atoms with E-state index in [9.17, 15) is 9.59 Å². The molecule has 3 rings (SSSR count). The molecule has 116 valence electrons. The van der Waals surface area contributed by atoms with E-state index in [2.05, 4.69) is 15.6 Å². The number of carbonyl (C=O) groups excluding carboxylic acids is 2. The molecule has 3 amide bonds. The van der Waals surface area contributed by atoms with Crippen LogP contribution in [-0.2, 0) is 11.8 Å². The number of rotatable bonds is 4. The number of urea groups is 1. The average Bonchev–Trinajstić information content (AvgIpc) is 3.24. The third kappa shape index (κ3) is 3.24. The summed E-state index contributed by atoms with van der Waals surface area (Å²) in [5, 5.41) is 5.47. The van der Waals surface area contributed by atoms with Gasteiger partial charge in [-0.2, -0.15) is 0 Å². The Kier molecular flexibility index (Phi) is 4.06. The number of thioether (sulfide) groups is 1. The standard InChI is InChI=1S/C15H18N4O2S/c1-9(13(20)18-14(21)16-10-7-8-10)22-15-17-11-5-3-4-6-12(11)19(15)2/h3-6,9-10H,7-8H2,1-2H3,(H2,16,18,20,21). The van der Waals surface area contributed by atoms with E-state index in [-0.39, 0.29) is 11.9 Å². The normalized spacial score (nSPS) is 15.5. The van der Waals surface area contributed by atoms with Crippen molar-refractivity contribution >= 4 is 34.7 Å². The van der Waals surface area contributed by atoms with E-state index in [1.165, 1.54) is 11.8 Å². The molecule has 0 spiro atoms. The lowest BCUT2D eigenvalue weighted by atomic mass is 10.3. The zero-order valence-electron chi connectivity index (χ0n) is 12.5. The van der Waals surface area contributed by atoms with Crippen LogP contribution in [0.1, 0.15) is 19.8 Å². The van der Waals surface area contributed by atoms with Crippen LogP contribution in [0.5, 0.6) is 0 Å². The van der Waals surface area contributed by atoms with Crippen LogP contribution in [0.4, 0.5) is 4.79 Å². The van der Waals surface area contributed by atoms with Gasteiger partial charge in [0, 0.05) is 13.1 Å². The molecule has 1 heterocycles. The molecule has 1 atom stereocenters. The lowest BCUT2D eigenvalue weighted by molar-refractivity contribution is -0.119. The molecule has 1 aromatic heterocycles. The Labute approximate surface area is 132 Å². The molecule has 2 N–H and O–H groups in total. The molecule has 1 aromatic carbocycles. The second-order valence-corrected chi connectivity index (χ2v) is 6.75. The van der Waals surface area contributed by atoms with Crippen LogP contribution < -0.4 is 10.6 Å². The van der Waals surface area contributed by atoms with Gasteiger partial charge in [0.25, 0.3) is 0 Å². The van der Waals surface area contributed by atoms with E-state index in [0.29, 0.717) is 0 Å². The van der Waals surface area contributed by atoms with Crippen molar-refractivity contribution in [1.29, 1.82) is 0 Å². The molecule has 0 radical (unpaired) electrons. The summed E-state index contributed by atoms with van der Waals surface area (Å²) in [6, 6.07) is 7.63. The lowest BCUT2D eigenvalue weighted by Crippen LogP contribution is -2.43. The van der Waals surface area contributed by atoms with Crippen molar-refractivity contribution in [3.8, 4) is 0 Å². The van der Waals surface area contributed by atoms with E-state index in [4.69, 9.17) is 0 Å². The molecule has 6 nitrogen and oxygen atoms in total. The number of hydrogen-bond acceptors (Lipinski definition) is 4. The summed E-state index contributed by atoms with van der Waals surface area (Å²) in [5.74, 6) is -0.310. The number of hydrogen-bond donors (Lipinski definition) is 2. The Morgan fingerprint density at radius 1 is 1.36 bits per heavy atom. The van der Waals surface area contributed by atoms with Crippen molar-refractivity contribution in [3.05, 3.63) is 24.3 Å². The van der Waals surface area contributed by atoms with Gasteiger partial charge in [-0.3, -0.25) is 10.1 Å². The fourth-order valence-corrected chi connectivity index (χ4v) is 2.99. The Bertz CT molecular complexity index is 723. The van der Waals surface area contributed by atoms with Gasteiger partial charge in [-0.05, 0) is 31.9 Å². The van der Waals surface area contributed by atoms with Gasteiger partial charge in [-0.1, -0.05) is 23.9 Å². The average molecular weight is 318 g/mol. The van der Waals surface area contributed by atoms with E-state index < -0.39 is 11.3 Å². The molecule has 2 aromatic rings. The number of nitrogens with one attached hydrogen (secondary N) is 2. The first kappa shape index (κ1) is 14.9. The Morgan fingerprint density at radius 3 is 2.77 bits per heavy atom. The van der Waals surface area contributed by atoms with Crippen molar-refractivity contribution < 1.29 is 9.59 Å². The van der Waals surface area contributed by atoms with E-state index in [0.717, 1.165) is 29.0 Å². The molecule has 1 saturated carbocycles. The first-order valence-electron chi connectivity index (χ1n) is 7.24. The van der Waals surface area contributed by atoms with Crippen molar-refractivity contribution in [3.63, 3.8) is 0 Å². The van der Waals surface area contributed by atoms with Crippen LogP contribution in [0.2, 0.25) is 0 Å². The summed E-state index contributed by atoms with van der Waals surface area (Å²) in [6.07, 6.45) is 1.98. The predicted octanol–water partition coefficient (Wildman–Crippen LogP) is 2.04. The van der Waals surface area contributed by atoms with Crippen LogP contribution in [0.25, 0.3) is 11.0 Å². The van der Waals surface area contributed by atoms with E-state index in [1.807, 2.05) is 35.9 Å². The zero-order chi connectivity index (χ0) is 15.7. The molecule has 0 aliphatic heterocycles. The topological polar surface area (TPSA) is 76.0 Å². The van der Waals surface area contributed by atoms with Crippen LogP contribution in [0.3, 0.4) is 0 Å². The molecule has 22 heavy (non-hydrogen) atoms. The number of nitrogens with zero attached hydrogens (tertiary/aromatic N) is 2. The van der Waals surface area contributed by atoms with Gasteiger partial charge in [-0.25, -0.2) is 9.78 Å².